The van der Waals surface area contributed by atoms with Gasteiger partial charge >= 0.3 is 0 Å². The van der Waals surface area contributed by atoms with Crippen molar-refractivity contribution in [1.82, 2.24) is 5.32 Å². The molecule has 0 fully saturated rings. The smallest absolute Gasteiger partial charge is 0.230 e. The van der Waals surface area contributed by atoms with Gasteiger partial charge in [-0.25, -0.2) is 0 Å². The maximum atomic E-state index is 12.1. The van der Waals surface area contributed by atoms with Gasteiger partial charge in [0.05, 0.1) is 12.1 Å². The number of phenolic OH excluding ortho intramolecular Hbond substituents is 1. The van der Waals surface area contributed by atoms with E-state index in [-0.39, 0.29) is 28.6 Å². The Kier molecular flexibility index (Phi) is 6.03. The molecule has 132 valence electrons. The molecule has 0 heterocycles. The number of halogens is 1. The zero-order valence-electron chi connectivity index (χ0n) is 14.4. The summed E-state index contributed by atoms with van der Waals surface area (Å²) in [6, 6.07) is 12.3. The van der Waals surface area contributed by atoms with E-state index in [9.17, 15) is 9.90 Å². The van der Waals surface area contributed by atoms with Crippen LogP contribution >= 0.6 is 23.8 Å². The molecule has 0 saturated heterocycles. The van der Waals surface area contributed by atoms with Crippen LogP contribution < -0.4 is 10.6 Å². The van der Waals surface area contributed by atoms with E-state index in [0.29, 0.717) is 10.7 Å². The van der Waals surface area contributed by atoms with Crippen LogP contribution in [0.3, 0.4) is 0 Å². The summed E-state index contributed by atoms with van der Waals surface area (Å²) in [5, 5.41) is 16.2. The number of amides is 1. The number of hydrogen-bond donors (Lipinski definition) is 3. The zero-order valence-corrected chi connectivity index (χ0v) is 16.0. The molecule has 0 aromatic heterocycles. The molecule has 1 amide bonds. The van der Waals surface area contributed by atoms with Crippen LogP contribution in [0, 0.1) is 0 Å². The van der Waals surface area contributed by atoms with Crippen molar-refractivity contribution in [3.05, 3.63) is 58.6 Å². The lowest BCUT2D eigenvalue weighted by Gasteiger charge is -2.21. The average Bonchev–Trinajstić information content (AvgIpc) is 2.50. The minimum atomic E-state index is -0.244. The highest BCUT2D eigenvalue weighted by molar-refractivity contribution is 7.80. The van der Waals surface area contributed by atoms with E-state index in [1.807, 2.05) is 12.1 Å². The second kappa shape index (κ2) is 7.85. The summed E-state index contributed by atoms with van der Waals surface area (Å²) in [5.41, 5.74) is 2.28. The fraction of sp³-hybridized carbons (Fsp3) is 0.263. The summed E-state index contributed by atoms with van der Waals surface area (Å²) in [4.78, 5) is 12.1. The first-order chi connectivity index (χ1) is 11.6. The van der Waals surface area contributed by atoms with Gasteiger partial charge in [0.1, 0.15) is 5.75 Å². The number of hydrogen-bond acceptors (Lipinski definition) is 3. The maximum Gasteiger partial charge on any atom is 0.230 e. The molecule has 2 rings (SSSR count). The van der Waals surface area contributed by atoms with Crippen molar-refractivity contribution in [3.63, 3.8) is 0 Å². The molecule has 0 bridgehead atoms. The molecular weight excluding hydrogens is 356 g/mol. The number of carbonyl (C=O) groups excluding carboxylic acids is 1. The predicted octanol–water partition coefficient (Wildman–Crippen LogP) is 4.40. The number of anilines is 1. The van der Waals surface area contributed by atoms with Gasteiger partial charge in [-0.2, -0.15) is 0 Å². The second-order valence-corrected chi connectivity index (χ2v) is 7.63. The fourth-order valence-corrected chi connectivity index (χ4v) is 2.56. The Hall–Kier alpha value is -2.11. The van der Waals surface area contributed by atoms with E-state index in [4.69, 9.17) is 23.8 Å². The first-order valence-corrected chi connectivity index (χ1v) is 8.62. The number of phenols is 1. The second-order valence-electron chi connectivity index (χ2n) is 6.79. The predicted molar refractivity (Wildman–Crippen MR) is 106 cm³/mol. The van der Waals surface area contributed by atoms with Gasteiger partial charge in [-0.15, -0.1) is 0 Å². The largest absolute Gasteiger partial charge is 0.506 e. The highest BCUT2D eigenvalue weighted by atomic mass is 35.5. The molecular formula is C19H21ClN2O2S. The summed E-state index contributed by atoms with van der Waals surface area (Å²) in [6.07, 6.45) is 0.188. The molecule has 0 aliphatic heterocycles. The van der Waals surface area contributed by atoms with Crippen molar-refractivity contribution >= 4 is 40.5 Å². The Bertz CT molecular complexity index is 783. The summed E-state index contributed by atoms with van der Waals surface area (Å²) in [5.74, 6) is -0.173. The van der Waals surface area contributed by atoms with Crippen LogP contribution in [0.5, 0.6) is 5.75 Å². The summed E-state index contributed by atoms with van der Waals surface area (Å²) >= 11 is 11.0. The van der Waals surface area contributed by atoms with Crippen molar-refractivity contribution in [1.29, 1.82) is 0 Å². The molecule has 0 aliphatic carbocycles. The molecule has 3 N–H and O–H groups in total. The molecule has 4 nitrogen and oxygen atoms in total. The van der Waals surface area contributed by atoms with E-state index in [0.717, 1.165) is 11.1 Å². The van der Waals surface area contributed by atoms with E-state index in [1.165, 1.54) is 0 Å². The first kappa shape index (κ1) is 19.2. The zero-order chi connectivity index (χ0) is 18.6. The number of thiocarbonyl (C=S) groups is 1. The Morgan fingerprint density at radius 2 is 1.80 bits per heavy atom. The van der Waals surface area contributed by atoms with E-state index < -0.39 is 0 Å². The van der Waals surface area contributed by atoms with Gasteiger partial charge in [-0.1, -0.05) is 50.6 Å². The number of aromatic hydroxyl groups is 1. The van der Waals surface area contributed by atoms with E-state index >= 15 is 0 Å². The van der Waals surface area contributed by atoms with Gasteiger partial charge in [0.25, 0.3) is 0 Å². The minimum Gasteiger partial charge on any atom is -0.506 e. The summed E-state index contributed by atoms with van der Waals surface area (Å²) in [6.45, 7) is 6.24. The molecule has 0 atom stereocenters. The maximum absolute atomic E-state index is 12.1. The molecule has 0 aliphatic rings. The monoisotopic (exact) mass is 376 g/mol. The molecule has 6 heteroatoms. The van der Waals surface area contributed by atoms with Gasteiger partial charge in [-0.3, -0.25) is 4.79 Å². The number of nitrogens with one attached hydrogen (secondary N) is 2. The minimum absolute atomic E-state index is 0.0659. The van der Waals surface area contributed by atoms with Crippen LogP contribution in [0.15, 0.2) is 42.5 Å². The lowest BCUT2D eigenvalue weighted by atomic mass is 9.87. The Balaban J connectivity index is 2.00. The first-order valence-electron chi connectivity index (χ1n) is 7.84. The highest BCUT2D eigenvalue weighted by Crippen LogP contribution is 2.30. The normalized spacial score (nSPS) is 11.0. The summed E-state index contributed by atoms with van der Waals surface area (Å²) in [7, 11) is 0. The third-order valence-corrected chi connectivity index (χ3v) is 4.10. The number of carbonyl (C=O) groups is 1. The molecule has 25 heavy (non-hydrogen) atoms. The van der Waals surface area contributed by atoms with Crippen molar-refractivity contribution in [2.24, 2.45) is 0 Å². The SMILES string of the molecule is CC(C)(C)c1ccc(O)c(NC(=S)NC(=O)Cc2ccc(Cl)cc2)c1. The fourth-order valence-electron chi connectivity index (χ4n) is 2.21. The van der Waals surface area contributed by atoms with Crippen molar-refractivity contribution in [2.45, 2.75) is 32.6 Å². The molecule has 0 spiro atoms. The van der Waals surface area contributed by atoms with Crippen molar-refractivity contribution in [2.75, 3.05) is 5.32 Å². The molecule has 2 aromatic rings. The Morgan fingerprint density at radius 3 is 2.40 bits per heavy atom. The third-order valence-electron chi connectivity index (χ3n) is 3.64. The van der Waals surface area contributed by atoms with Crippen LogP contribution in [0.2, 0.25) is 5.02 Å². The standard InChI is InChI=1S/C19H21ClN2O2S/c1-19(2,3)13-6-9-16(23)15(11-13)21-18(25)22-17(24)10-12-4-7-14(20)8-5-12/h4-9,11,23H,10H2,1-3H3,(H2,21,22,24,25). The van der Waals surface area contributed by atoms with Crippen LogP contribution in [-0.4, -0.2) is 16.1 Å². The van der Waals surface area contributed by atoms with Crippen LogP contribution in [-0.2, 0) is 16.6 Å². The van der Waals surface area contributed by atoms with E-state index in [1.54, 1.807) is 30.3 Å². The molecule has 0 unspecified atom stereocenters. The van der Waals surface area contributed by atoms with Gasteiger partial charge in [-0.05, 0) is 53.0 Å². The highest BCUT2D eigenvalue weighted by Gasteiger charge is 2.16. The third kappa shape index (κ3) is 5.73. The number of rotatable bonds is 3. The topological polar surface area (TPSA) is 61.4 Å². The Labute approximate surface area is 158 Å². The quantitative estimate of drug-likeness (QED) is 0.549. The number of benzene rings is 2. The van der Waals surface area contributed by atoms with Crippen LogP contribution in [0.25, 0.3) is 0 Å². The molecule has 2 aromatic carbocycles. The Morgan fingerprint density at radius 1 is 1.16 bits per heavy atom. The van der Waals surface area contributed by atoms with Crippen molar-refractivity contribution < 1.29 is 9.90 Å². The lowest BCUT2D eigenvalue weighted by molar-refractivity contribution is -0.119. The lowest BCUT2D eigenvalue weighted by Crippen LogP contribution is -2.35. The van der Waals surface area contributed by atoms with Crippen LogP contribution in [0.4, 0.5) is 5.69 Å². The summed E-state index contributed by atoms with van der Waals surface area (Å²) < 4.78 is 0. The van der Waals surface area contributed by atoms with Gasteiger partial charge in [0, 0.05) is 5.02 Å². The molecule has 0 radical (unpaired) electrons. The van der Waals surface area contributed by atoms with E-state index in [2.05, 4.69) is 31.4 Å². The van der Waals surface area contributed by atoms with Gasteiger partial charge in [0.2, 0.25) is 5.91 Å². The van der Waals surface area contributed by atoms with Crippen LogP contribution in [0.1, 0.15) is 31.9 Å². The average molecular weight is 377 g/mol. The van der Waals surface area contributed by atoms with Gasteiger partial charge < -0.3 is 15.7 Å². The van der Waals surface area contributed by atoms with Gasteiger partial charge in [0.15, 0.2) is 5.11 Å². The van der Waals surface area contributed by atoms with Crippen molar-refractivity contribution in [3.8, 4) is 5.75 Å². The molecule has 0 saturated carbocycles.